The van der Waals surface area contributed by atoms with Crippen molar-refractivity contribution in [1.29, 1.82) is 0 Å². The summed E-state index contributed by atoms with van der Waals surface area (Å²) < 4.78 is 0. The van der Waals surface area contributed by atoms with Crippen LogP contribution in [0.25, 0.3) is 11.1 Å². The summed E-state index contributed by atoms with van der Waals surface area (Å²) in [6.45, 7) is 3.95. The molecule has 108 valence electrons. The highest BCUT2D eigenvalue weighted by molar-refractivity contribution is 5.94. The Morgan fingerprint density at radius 1 is 1.19 bits per heavy atom. The summed E-state index contributed by atoms with van der Waals surface area (Å²) in [7, 11) is 0. The zero-order valence-corrected chi connectivity index (χ0v) is 12.5. The van der Waals surface area contributed by atoms with Crippen molar-refractivity contribution in [3.63, 3.8) is 0 Å². The maximum Gasteiger partial charge on any atom is 0.159 e. The lowest BCUT2D eigenvalue weighted by molar-refractivity contribution is 0.101. The first kappa shape index (κ1) is 14.0. The van der Waals surface area contributed by atoms with Gasteiger partial charge in [-0.05, 0) is 53.5 Å². The molecule has 2 aromatic carbocycles. The second-order valence-corrected chi connectivity index (χ2v) is 5.90. The van der Waals surface area contributed by atoms with Crippen LogP contribution in [0.2, 0.25) is 0 Å². The van der Waals surface area contributed by atoms with E-state index in [4.69, 9.17) is 0 Å². The fraction of sp³-hybridized carbons (Fsp3) is 0.316. The quantitative estimate of drug-likeness (QED) is 0.859. The lowest BCUT2D eigenvalue weighted by Gasteiger charge is -2.15. The number of carbonyl (C=O) groups is 1. The van der Waals surface area contributed by atoms with Crippen LogP contribution in [0, 0.1) is 0 Å². The number of carbonyl (C=O) groups excluding carboxylic acids is 1. The Morgan fingerprint density at radius 3 is 2.52 bits per heavy atom. The average molecular weight is 280 g/mol. The van der Waals surface area contributed by atoms with E-state index >= 15 is 0 Å². The Hall–Kier alpha value is -1.93. The van der Waals surface area contributed by atoms with Crippen molar-refractivity contribution in [2.24, 2.45) is 0 Å². The predicted molar refractivity (Wildman–Crippen MR) is 84.5 cm³/mol. The highest BCUT2D eigenvalue weighted by atomic mass is 16.3. The molecule has 1 N–H and O–H groups in total. The molecule has 1 aliphatic rings. The Kier molecular flexibility index (Phi) is 3.64. The van der Waals surface area contributed by atoms with Crippen LogP contribution >= 0.6 is 0 Å². The number of hydrogen-bond acceptors (Lipinski definition) is 2. The van der Waals surface area contributed by atoms with Gasteiger partial charge in [0.05, 0.1) is 6.61 Å². The van der Waals surface area contributed by atoms with E-state index in [0.717, 1.165) is 29.5 Å². The second kappa shape index (κ2) is 5.45. The van der Waals surface area contributed by atoms with E-state index in [1.54, 1.807) is 6.92 Å². The average Bonchev–Trinajstić information content (AvgIpc) is 2.89. The number of ketones is 1. The molecule has 0 radical (unpaired) electrons. The minimum absolute atomic E-state index is 0.0933. The van der Waals surface area contributed by atoms with Crippen molar-refractivity contribution in [2.45, 2.75) is 39.2 Å². The second-order valence-electron chi connectivity index (χ2n) is 5.90. The molecule has 1 unspecified atom stereocenters. The normalized spacial score (nSPS) is 16.8. The molecule has 0 heterocycles. The van der Waals surface area contributed by atoms with Crippen molar-refractivity contribution in [1.82, 2.24) is 0 Å². The number of benzene rings is 2. The number of aliphatic hydroxyl groups is 1. The highest BCUT2D eigenvalue weighted by Crippen LogP contribution is 2.41. The van der Waals surface area contributed by atoms with Gasteiger partial charge in [-0.3, -0.25) is 4.79 Å². The smallest absolute Gasteiger partial charge is 0.159 e. The van der Waals surface area contributed by atoms with Crippen LogP contribution in [0.1, 0.15) is 53.2 Å². The Bertz CT molecular complexity index is 683. The number of Topliss-reactive ketones (excluding diaryl/α,β-unsaturated/α-hetero) is 1. The van der Waals surface area contributed by atoms with Crippen molar-refractivity contribution in [2.75, 3.05) is 0 Å². The van der Waals surface area contributed by atoms with E-state index in [1.165, 1.54) is 16.7 Å². The summed E-state index contributed by atoms with van der Waals surface area (Å²) in [5.74, 6) is 0.616. The van der Waals surface area contributed by atoms with Crippen molar-refractivity contribution >= 4 is 5.78 Å². The summed E-state index contributed by atoms with van der Waals surface area (Å²) in [5.41, 5.74) is 6.88. The van der Waals surface area contributed by atoms with Crippen molar-refractivity contribution in [3.8, 4) is 11.1 Å². The van der Waals surface area contributed by atoms with Crippen LogP contribution < -0.4 is 0 Å². The van der Waals surface area contributed by atoms with E-state index in [2.05, 4.69) is 13.0 Å². The predicted octanol–water partition coefficient (Wildman–Crippen LogP) is 4.10. The molecular weight excluding hydrogens is 260 g/mol. The van der Waals surface area contributed by atoms with Gasteiger partial charge in [0.1, 0.15) is 0 Å². The molecule has 0 fully saturated rings. The molecule has 3 rings (SSSR count). The third-order valence-corrected chi connectivity index (χ3v) is 4.55. The van der Waals surface area contributed by atoms with E-state index in [0.29, 0.717) is 5.92 Å². The van der Waals surface area contributed by atoms with Crippen LogP contribution in [0.5, 0.6) is 0 Å². The summed E-state index contributed by atoms with van der Waals surface area (Å²) in [6, 6.07) is 12.0. The number of fused-ring (bicyclic) bond motifs is 1. The molecule has 0 saturated carbocycles. The molecular formula is C19H20O2. The first-order chi connectivity index (χ1) is 10.1. The van der Waals surface area contributed by atoms with Gasteiger partial charge in [0.15, 0.2) is 5.78 Å². The first-order valence-electron chi connectivity index (χ1n) is 7.48. The van der Waals surface area contributed by atoms with Gasteiger partial charge in [0.25, 0.3) is 0 Å². The SMILES string of the molecule is CC(=O)c1ccc(-c2ccc(CO)c3c2C(C)CC3)cc1. The van der Waals surface area contributed by atoms with Gasteiger partial charge in [0, 0.05) is 5.56 Å². The van der Waals surface area contributed by atoms with E-state index in [9.17, 15) is 9.90 Å². The van der Waals surface area contributed by atoms with Crippen LogP contribution in [0.3, 0.4) is 0 Å². The van der Waals surface area contributed by atoms with Gasteiger partial charge in [-0.1, -0.05) is 43.3 Å². The Morgan fingerprint density at radius 2 is 1.90 bits per heavy atom. The summed E-state index contributed by atoms with van der Waals surface area (Å²) in [5, 5.41) is 9.51. The number of rotatable bonds is 3. The van der Waals surface area contributed by atoms with E-state index in [1.807, 2.05) is 30.3 Å². The van der Waals surface area contributed by atoms with Crippen LogP contribution in [-0.2, 0) is 13.0 Å². The molecule has 2 aromatic rings. The van der Waals surface area contributed by atoms with Crippen LogP contribution in [0.15, 0.2) is 36.4 Å². The molecule has 0 amide bonds. The van der Waals surface area contributed by atoms with Gasteiger partial charge in [-0.2, -0.15) is 0 Å². The molecule has 0 saturated heterocycles. The lowest BCUT2D eigenvalue weighted by atomic mass is 9.90. The van der Waals surface area contributed by atoms with Gasteiger partial charge in [0.2, 0.25) is 0 Å². The van der Waals surface area contributed by atoms with E-state index in [-0.39, 0.29) is 12.4 Å². The molecule has 0 aliphatic heterocycles. The van der Waals surface area contributed by atoms with E-state index < -0.39 is 0 Å². The molecule has 21 heavy (non-hydrogen) atoms. The zero-order chi connectivity index (χ0) is 15.0. The standard InChI is InChI=1S/C19H20O2/c1-12-3-9-18-16(11-20)8-10-17(19(12)18)15-6-4-14(5-7-15)13(2)21/h4-8,10,12,20H,3,9,11H2,1-2H3. The Balaban J connectivity index is 2.11. The maximum atomic E-state index is 11.4. The zero-order valence-electron chi connectivity index (χ0n) is 12.5. The maximum absolute atomic E-state index is 11.4. The third-order valence-electron chi connectivity index (χ3n) is 4.55. The van der Waals surface area contributed by atoms with Gasteiger partial charge in [-0.15, -0.1) is 0 Å². The molecule has 0 bridgehead atoms. The van der Waals surface area contributed by atoms with Crippen LogP contribution in [0.4, 0.5) is 0 Å². The highest BCUT2D eigenvalue weighted by Gasteiger charge is 2.24. The minimum atomic E-state index is 0.0933. The van der Waals surface area contributed by atoms with Crippen molar-refractivity contribution in [3.05, 3.63) is 58.7 Å². The number of aliphatic hydroxyl groups excluding tert-OH is 1. The first-order valence-corrected chi connectivity index (χ1v) is 7.48. The van der Waals surface area contributed by atoms with Gasteiger partial charge in [-0.25, -0.2) is 0 Å². The van der Waals surface area contributed by atoms with Crippen molar-refractivity contribution < 1.29 is 9.90 Å². The Labute approximate surface area is 125 Å². The number of hydrogen-bond donors (Lipinski definition) is 1. The molecule has 2 heteroatoms. The molecule has 0 aromatic heterocycles. The molecule has 2 nitrogen and oxygen atoms in total. The lowest BCUT2D eigenvalue weighted by Crippen LogP contribution is -1.98. The molecule has 1 aliphatic carbocycles. The van der Waals surface area contributed by atoms with Gasteiger partial charge >= 0.3 is 0 Å². The van der Waals surface area contributed by atoms with Crippen LogP contribution in [-0.4, -0.2) is 10.9 Å². The largest absolute Gasteiger partial charge is 0.392 e. The fourth-order valence-electron chi connectivity index (χ4n) is 3.36. The third kappa shape index (κ3) is 2.40. The molecule has 0 spiro atoms. The van der Waals surface area contributed by atoms with Gasteiger partial charge < -0.3 is 5.11 Å². The summed E-state index contributed by atoms with van der Waals surface area (Å²) in [6.07, 6.45) is 2.19. The monoisotopic (exact) mass is 280 g/mol. The molecule has 1 atom stereocenters. The summed E-state index contributed by atoms with van der Waals surface area (Å²) >= 11 is 0. The minimum Gasteiger partial charge on any atom is -0.392 e. The fourth-order valence-corrected chi connectivity index (χ4v) is 3.36. The summed E-state index contributed by atoms with van der Waals surface area (Å²) in [4.78, 5) is 11.4. The topological polar surface area (TPSA) is 37.3 Å².